The maximum absolute atomic E-state index is 12.1. The van der Waals surface area contributed by atoms with Gasteiger partial charge in [0.25, 0.3) is 0 Å². The maximum Gasteiger partial charge on any atom is 0.237 e. The van der Waals surface area contributed by atoms with Gasteiger partial charge in [-0.15, -0.1) is 11.3 Å². The van der Waals surface area contributed by atoms with Crippen molar-refractivity contribution >= 4 is 28.8 Å². The van der Waals surface area contributed by atoms with Crippen LogP contribution in [0.25, 0.3) is 0 Å². The van der Waals surface area contributed by atoms with E-state index in [-0.39, 0.29) is 18.0 Å². The Bertz CT molecular complexity index is 586. The number of rotatable bonds is 6. The molecule has 5 heteroatoms. The molecular weight excluding hydrogens is 304 g/mol. The molecule has 1 heterocycles. The standard InChI is InChI=1S/C16H19ClN2OS/c1-11(13-5-3-6-14(17)9-13)19-12(2)16(20)18-10-15-7-4-8-21-15/h3-9,11-12,19H,10H2,1-2H3,(H,18,20)/t11-,12+/m0/s1. The molecule has 0 aliphatic carbocycles. The summed E-state index contributed by atoms with van der Waals surface area (Å²) in [5.74, 6) is -0.00252. The highest BCUT2D eigenvalue weighted by atomic mass is 35.5. The highest BCUT2D eigenvalue weighted by Crippen LogP contribution is 2.17. The monoisotopic (exact) mass is 322 g/mol. The van der Waals surface area contributed by atoms with Crippen LogP contribution in [0.2, 0.25) is 5.02 Å². The van der Waals surface area contributed by atoms with E-state index < -0.39 is 0 Å². The van der Waals surface area contributed by atoms with E-state index in [0.717, 1.165) is 10.4 Å². The number of benzene rings is 1. The molecule has 2 atom stereocenters. The fraction of sp³-hybridized carbons (Fsp3) is 0.312. The largest absolute Gasteiger partial charge is 0.350 e. The van der Waals surface area contributed by atoms with E-state index in [2.05, 4.69) is 10.6 Å². The Balaban J connectivity index is 1.85. The number of halogens is 1. The third-order valence-electron chi connectivity index (χ3n) is 3.26. The van der Waals surface area contributed by atoms with E-state index in [1.54, 1.807) is 11.3 Å². The molecule has 0 aliphatic rings. The first-order valence-corrected chi connectivity index (χ1v) is 8.13. The first-order valence-electron chi connectivity index (χ1n) is 6.88. The average molecular weight is 323 g/mol. The lowest BCUT2D eigenvalue weighted by atomic mass is 10.1. The van der Waals surface area contributed by atoms with Crippen molar-refractivity contribution in [2.24, 2.45) is 0 Å². The van der Waals surface area contributed by atoms with Crippen molar-refractivity contribution in [3.05, 3.63) is 57.2 Å². The van der Waals surface area contributed by atoms with E-state index in [0.29, 0.717) is 11.6 Å². The van der Waals surface area contributed by atoms with E-state index >= 15 is 0 Å². The highest BCUT2D eigenvalue weighted by molar-refractivity contribution is 7.09. The molecule has 2 rings (SSSR count). The molecule has 0 fully saturated rings. The molecule has 2 aromatic rings. The van der Waals surface area contributed by atoms with Crippen molar-refractivity contribution in [1.29, 1.82) is 0 Å². The zero-order valence-corrected chi connectivity index (χ0v) is 13.7. The molecular formula is C16H19ClN2OS. The van der Waals surface area contributed by atoms with Crippen LogP contribution in [0.4, 0.5) is 0 Å². The van der Waals surface area contributed by atoms with Crippen molar-refractivity contribution in [2.75, 3.05) is 0 Å². The fourth-order valence-corrected chi connectivity index (χ4v) is 2.91. The van der Waals surface area contributed by atoms with Gasteiger partial charge in [-0.3, -0.25) is 10.1 Å². The minimum Gasteiger partial charge on any atom is -0.350 e. The zero-order chi connectivity index (χ0) is 15.2. The summed E-state index contributed by atoms with van der Waals surface area (Å²) < 4.78 is 0. The van der Waals surface area contributed by atoms with Crippen LogP contribution in [0.3, 0.4) is 0 Å². The third-order valence-corrected chi connectivity index (χ3v) is 4.37. The molecule has 1 aromatic heterocycles. The lowest BCUT2D eigenvalue weighted by molar-refractivity contribution is -0.123. The van der Waals surface area contributed by atoms with Gasteiger partial charge in [0, 0.05) is 15.9 Å². The van der Waals surface area contributed by atoms with Gasteiger partial charge in [0.05, 0.1) is 12.6 Å². The number of hydrogen-bond donors (Lipinski definition) is 2. The molecule has 1 aromatic carbocycles. The van der Waals surface area contributed by atoms with Crippen molar-refractivity contribution in [3.8, 4) is 0 Å². The Morgan fingerprint density at radius 2 is 2.10 bits per heavy atom. The van der Waals surface area contributed by atoms with Crippen LogP contribution in [0.5, 0.6) is 0 Å². The quantitative estimate of drug-likeness (QED) is 0.850. The summed E-state index contributed by atoms with van der Waals surface area (Å²) in [6.07, 6.45) is 0. The maximum atomic E-state index is 12.1. The Kier molecular flexibility index (Phi) is 5.79. The summed E-state index contributed by atoms with van der Waals surface area (Å²) >= 11 is 7.63. The zero-order valence-electron chi connectivity index (χ0n) is 12.1. The van der Waals surface area contributed by atoms with E-state index in [1.165, 1.54) is 0 Å². The van der Waals surface area contributed by atoms with E-state index in [1.807, 2.05) is 55.6 Å². The number of thiophene rings is 1. The van der Waals surface area contributed by atoms with Crippen molar-refractivity contribution in [2.45, 2.75) is 32.5 Å². The van der Waals surface area contributed by atoms with Crippen LogP contribution in [-0.4, -0.2) is 11.9 Å². The van der Waals surface area contributed by atoms with Crippen LogP contribution >= 0.6 is 22.9 Å². The summed E-state index contributed by atoms with van der Waals surface area (Å²) in [5, 5.41) is 8.93. The Morgan fingerprint density at radius 3 is 2.76 bits per heavy atom. The Labute approximate surface area is 134 Å². The highest BCUT2D eigenvalue weighted by Gasteiger charge is 2.16. The number of carbonyl (C=O) groups is 1. The van der Waals surface area contributed by atoms with Gasteiger partial charge in [-0.25, -0.2) is 0 Å². The SMILES string of the molecule is C[C@H](N[C@H](C)C(=O)NCc1cccs1)c1cccc(Cl)c1. The lowest BCUT2D eigenvalue weighted by Crippen LogP contribution is -2.42. The molecule has 0 unspecified atom stereocenters. The summed E-state index contributed by atoms with van der Waals surface area (Å²) in [6.45, 7) is 4.47. The van der Waals surface area contributed by atoms with Crippen molar-refractivity contribution in [1.82, 2.24) is 10.6 Å². The number of nitrogens with one attached hydrogen (secondary N) is 2. The molecule has 0 radical (unpaired) electrons. The summed E-state index contributed by atoms with van der Waals surface area (Å²) in [4.78, 5) is 13.2. The smallest absolute Gasteiger partial charge is 0.237 e. The minimum atomic E-state index is -0.265. The van der Waals surface area contributed by atoms with Gasteiger partial charge in [-0.1, -0.05) is 29.8 Å². The van der Waals surface area contributed by atoms with Crippen LogP contribution < -0.4 is 10.6 Å². The lowest BCUT2D eigenvalue weighted by Gasteiger charge is -2.20. The van der Waals surface area contributed by atoms with Gasteiger partial charge >= 0.3 is 0 Å². The molecule has 0 bridgehead atoms. The number of hydrogen-bond acceptors (Lipinski definition) is 3. The van der Waals surface area contributed by atoms with Crippen LogP contribution in [0.15, 0.2) is 41.8 Å². The van der Waals surface area contributed by atoms with Crippen LogP contribution in [0, 0.1) is 0 Å². The van der Waals surface area contributed by atoms with Gasteiger partial charge in [0.1, 0.15) is 0 Å². The summed E-state index contributed by atoms with van der Waals surface area (Å²) in [6, 6.07) is 11.5. The molecule has 0 saturated carbocycles. The topological polar surface area (TPSA) is 41.1 Å². The second-order valence-electron chi connectivity index (χ2n) is 4.96. The number of amides is 1. The summed E-state index contributed by atoms with van der Waals surface area (Å²) in [5.41, 5.74) is 1.07. The van der Waals surface area contributed by atoms with Crippen LogP contribution in [-0.2, 0) is 11.3 Å². The minimum absolute atomic E-state index is 0.00252. The first-order chi connectivity index (χ1) is 10.1. The van der Waals surface area contributed by atoms with Crippen molar-refractivity contribution in [3.63, 3.8) is 0 Å². The van der Waals surface area contributed by atoms with Gasteiger partial charge in [-0.2, -0.15) is 0 Å². The molecule has 0 saturated heterocycles. The van der Waals surface area contributed by atoms with Crippen molar-refractivity contribution < 1.29 is 4.79 Å². The molecule has 0 aliphatic heterocycles. The van der Waals surface area contributed by atoms with Gasteiger partial charge < -0.3 is 5.32 Å². The predicted molar refractivity (Wildman–Crippen MR) is 88.6 cm³/mol. The second-order valence-corrected chi connectivity index (χ2v) is 6.43. The molecule has 21 heavy (non-hydrogen) atoms. The molecule has 1 amide bonds. The third kappa shape index (κ3) is 4.84. The Hall–Kier alpha value is -1.36. The average Bonchev–Trinajstić information content (AvgIpc) is 2.97. The second kappa shape index (κ2) is 7.59. The van der Waals surface area contributed by atoms with Gasteiger partial charge in [0.2, 0.25) is 5.91 Å². The first kappa shape index (κ1) is 16.0. The van der Waals surface area contributed by atoms with Gasteiger partial charge in [-0.05, 0) is 43.0 Å². The molecule has 3 nitrogen and oxygen atoms in total. The summed E-state index contributed by atoms with van der Waals surface area (Å²) in [7, 11) is 0. The predicted octanol–water partition coefficient (Wildman–Crippen LogP) is 3.76. The van der Waals surface area contributed by atoms with E-state index in [4.69, 9.17) is 11.6 Å². The Morgan fingerprint density at radius 1 is 1.29 bits per heavy atom. The number of carbonyl (C=O) groups excluding carboxylic acids is 1. The van der Waals surface area contributed by atoms with Crippen LogP contribution in [0.1, 0.15) is 30.3 Å². The van der Waals surface area contributed by atoms with Gasteiger partial charge in [0.15, 0.2) is 0 Å². The molecule has 2 N–H and O–H groups in total. The van der Waals surface area contributed by atoms with E-state index in [9.17, 15) is 4.79 Å². The molecule has 112 valence electrons. The molecule has 0 spiro atoms. The fourth-order valence-electron chi connectivity index (χ4n) is 2.06. The normalized spacial score (nSPS) is 13.7.